The smallest absolute Gasteiger partial charge is 0.243 e. The molecule has 2 rings (SSSR count). The average molecular weight is 398 g/mol. The molecule has 1 heterocycles. The summed E-state index contributed by atoms with van der Waals surface area (Å²) >= 11 is 3.35. The van der Waals surface area contributed by atoms with Crippen molar-refractivity contribution in [1.29, 1.82) is 0 Å². The van der Waals surface area contributed by atoms with Crippen molar-refractivity contribution in [3.05, 3.63) is 28.2 Å². The molecule has 0 aromatic heterocycles. The molecule has 1 fully saturated rings. The third-order valence-corrected chi connectivity index (χ3v) is 6.52. The molecule has 0 radical (unpaired) electrons. The van der Waals surface area contributed by atoms with Crippen LogP contribution in [-0.2, 0) is 10.0 Å². The maximum absolute atomic E-state index is 12.9. The highest BCUT2D eigenvalue weighted by atomic mass is 79.9. The molecule has 2 unspecified atom stereocenters. The van der Waals surface area contributed by atoms with Gasteiger partial charge in [0.2, 0.25) is 10.0 Å². The van der Waals surface area contributed by atoms with Crippen LogP contribution in [0.2, 0.25) is 0 Å². The molecule has 1 aromatic carbocycles. The molecule has 0 spiro atoms. The highest BCUT2D eigenvalue weighted by Crippen LogP contribution is 2.30. The first-order valence-electron chi connectivity index (χ1n) is 6.84. The lowest BCUT2D eigenvalue weighted by Crippen LogP contribution is -2.49. The molecule has 1 aromatic rings. The van der Waals surface area contributed by atoms with Gasteiger partial charge in [-0.2, -0.15) is 4.31 Å². The predicted octanol–water partition coefficient (Wildman–Crippen LogP) is 2.93. The van der Waals surface area contributed by atoms with Gasteiger partial charge < -0.3 is 5.73 Å². The number of hydrogen-bond donors (Lipinski definition) is 1. The first-order chi connectivity index (χ1) is 9.36. The fourth-order valence-corrected chi connectivity index (χ4v) is 5.16. The Morgan fingerprint density at radius 2 is 2.10 bits per heavy atom. The standard InChI is InChI=1S/C14H21BrN2O2S.ClH/c1-10-5-6-17(13(7-10)9-16)20(18,19)14-8-12(15)4-3-11(14)2;/h3-4,8,10,13H,5-7,9,16H2,1-2H3;1H. The molecule has 7 heteroatoms. The van der Waals surface area contributed by atoms with Crippen LogP contribution in [0.3, 0.4) is 0 Å². The number of sulfonamides is 1. The number of halogens is 2. The molecular weight excluding hydrogens is 376 g/mol. The minimum absolute atomic E-state index is 0. The van der Waals surface area contributed by atoms with Crippen LogP contribution < -0.4 is 5.73 Å². The zero-order chi connectivity index (χ0) is 14.9. The topological polar surface area (TPSA) is 63.4 Å². The summed E-state index contributed by atoms with van der Waals surface area (Å²) in [6, 6.07) is 5.26. The van der Waals surface area contributed by atoms with Crippen LogP contribution in [-0.4, -0.2) is 31.9 Å². The van der Waals surface area contributed by atoms with Gasteiger partial charge in [-0.05, 0) is 43.4 Å². The van der Waals surface area contributed by atoms with E-state index in [1.54, 1.807) is 10.4 Å². The van der Waals surface area contributed by atoms with Crippen LogP contribution in [0.4, 0.5) is 0 Å². The van der Waals surface area contributed by atoms with Crippen molar-refractivity contribution in [3.63, 3.8) is 0 Å². The second-order valence-corrected chi connectivity index (χ2v) is 8.32. The summed E-state index contributed by atoms with van der Waals surface area (Å²) in [5.74, 6) is 0.526. The van der Waals surface area contributed by atoms with Gasteiger partial charge in [-0.1, -0.05) is 28.9 Å². The Hall–Kier alpha value is -0.140. The fourth-order valence-electron chi connectivity index (χ4n) is 2.74. The van der Waals surface area contributed by atoms with Crippen LogP contribution in [0.5, 0.6) is 0 Å². The number of nitrogens with zero attached hydrogens (tertiary/aromatic N) is 1. The van der Waals surface area contributed by atoms with Crippen molar-refractivity contribution < 1.29 is 8.42 Å². The number of hydrogen-bond acceptors (Lipinski definition) is 3. The van der Waals surface area contributed by atoms with E-state index in [0.717, 1.165) is 22.9 Å². The van der Waals surface area contributed by atoms with Crippen LogP contribution >= 0.6 is 28.3 Å². The Bertz CT molecular complexity index is 595. The van der Waals surface area contributed by atoms with Crippen molar-refractivity contribution in [2.24, 2.45) is 11.7 Å². The first-order valence-corrected chi connectivity index (χ1v) is 9.07. The summed E-state index contributed by atoms with van der Waals surface area (Å²) < 4.78 is 28.1. The van der Waals surface area contributed by atoms with Gasteiger partial charge in [0.25, 0.3) is 0 Å². The van der Waals surface area contributed by atoms with Crippen LogP contribution in [0.15, 0.2) is 27.6 Å². The Morgan fingerprint density at radius 3 is 2.71 bits per heavy atom. The first kappa shape index (κ1) is 18.9. The number of piperidine rings is 1. The molecule has 21 heavy (non-hydrogen) atoms. The van der Waals surface area contributed by atoms with Gasteiger partial charge in [-0.15, -0.1) is 12.4 Å². The van der Waals surface area contributed by atoms with E-state index in [4.69, 9.17) is 5.73 Å². The minimum Gasteiger partial charge on any atom is -0.329 e. The largest absolute Gasteiger partial charge is 0.329 e. The molecule has 1 saturated heterocycles. The van der Waals surface area contributed by atoms with Gasteiger partial charge in [-0.25, -0.2) is 8.42 Å². The highest BCUT2D eigenvalue weighted by molar-refractivity contribution is 9.10. The summed E-state index contributed by atoms with van der Waals surface area (Å²) in [6.45, 7) is 4.90. The summed E-state index contributed by atoms with van der Waals surface area (Å²) in [5, 5.41) is 0. The van der Waals surface area contributed by atoms with Crippen LogP contribution in [0, 0.1) is 12.8 Å². The second-order valence-electron chi connectivity index (χ2n) is 5.54. The molecule has 2 N–H and O–H groups in total. The lowest BCUT2D eigenvalue weighted by atomic mass is 9.94. The molecule has 4 nitrogen and oxygen atoms in total. The predicted molar refractivity (Wildman–Crippen MR) is 91.3 cm³/mol. The van der Waals surface area contributed by atoms with E-state index >= 15 is 0 Å². The van der Waals surface area contributed by atoms with E-state index in [0.29, 0.717) is 23.9 Å². The van der Waals surface area contributed by atoms with E-state index in [2.05, 4.69) is 22.9 Å². The van der Waals surface area contributed by atoms with Gasteiger partial charge in [0.05, 0.1) is 4.90 Å². The summed E-state index contributed by atoms with van der Waals surface area (Å²) in [5.41, 5.74) is 6.55. The van der Waals surface area contributed by atoms with Crippen molar-refractivity contribution >= 4 is 38.4 Å². The SMILES string of the molecule is Cc1ccc(Br)cc1S(=O)(=O)N1CCC(C)CC1CN.Cl. The van der Waals surface area contributed by atoms with Crippen molar-refractivity contribution in [3.8, 4) is 0 Å². The van der Waals surface area contributed by atoms with Gasteiger partial charge in [-0.3, -0.25) is 0 Å². The maximum atomic E-state index is 12.9. The van der Waals surface area contributed by atoms with Crippen LogP contribution in [0.25, 0.3) is 0 Å². The van der Waals surface area contributed by atoms with E-state index in [9.17, 15) is 8.42 Å². The molecule has 1 aliphatic rings. The zero-order valence-corrected chi connectivity index (χ0v) is 15.5. The lowest BCUT2D eigenvalue weighted by Gasteiger charge is -2.37. The van der Waals surface area contributed by atoms with Crippen LogP contribution in [0.1, 0.15) is 25.3 Å². The highest BCUT2D eigenvalue weighted by Gasteiger charge is 2.35. The Kier molecular flexibility index (Phi) is 6.68. The average Bonchev–Trinajstić information content (AvgIpc) is 2.40. The molecule has 1 aliphatic heterocycles. The Labute approximate surface area is 141 Å². The molecule has 0 aliphatic carbocycles. The number of nitrogens with two attached hydrogens (primary N) is 1. The van der Waals surface area contributed by atoms with Crippen molar-refractivity contribution in [1.82, 2.24) is 4.31 Å². The minimum atomic E-state index is -3.48. The Morgan fingerprint density at radius 1 is 1.43 bits per heavy atom. The molecule has 0 bridgehead atoms. The number of aryl methyl sites for hydroxylation is 1. The van der Waals surface area contributed by atoms with E-state index in [1.807, 2.05) is 19.1 Å². The van der Waals surface area contributed by atoms with E-state index in [1.165, 1.54) is 0 Å². The van der Waals surface area contributed by atoms with Crippen molar-refractivity contribution in [2.75, 3.05) is 13.1 Å². The third-order valence-electron chi connectivity index (χ3n) is 3.93. The molecular formula is C14H22BrClN2O2S. The van der Waals surface area contributed by atoms with Gasteiger partial charge >= 0.3 is 0 Å². The second kappa shape index (κ2) is 7.42. The van der Waals surface area contributed by atoms with Gasteiger partial charge in [0.1, 0.15) is 0 Å². The van der Waals surface area contributed by atoms with E-state index < -0.39 is 10.0 Å². The quantitative estimate of drug-likeness (QED) is 0.853. The number of rotatable bonds is 3. The molecule has 2 atom stereocenters. The third kappa shape index (κ3) is 3.99. The fraction of sp³-hybridized carbons (Fsp3) is 0.571. The number of benzene rings is 1. The lowest BCUT2D eigenvalue weighted by molar-refractivity contribution is 0.211. The molecule has 120 valence electrons. The van der Waals surface area contributed by atoms with Crippen molar-refractivity contribution in [2.45, 2.75) is 37.6 Å². The summed E-state index contributed by atoms with van der Waals surface area (Å²) in [6.07, 6.45) is 1.73. The zero-order valence-electron chi connectivity index (χ0n) is 12.3. The van der Waals surface area contributed by atoms with Gasteiger partial charge in [0, 0.05) is 23.6 Å². The molecule has 0 amide bonds. The normalized spacial score (nSPS) is 23.6. The Balaban J connectivity index is 0.00000220. The summed E-state index contributed by atoms with van der Waals surface area (Å²) in [7, 11) is -3.48. The van der Waals surface area contributed by atoms with Gasteiger partial charge in [0.15, 0.2) is 0 Å². The molecule has 0 saturated carbocycles. The summed E-state index contributed by atoms with van der Waals surface area (Å²) in [4.78, 5) is 0.375. The monoisotopic (exact) mass is 396 g/mol. The maximum Gasteiger partial charge on any atom is 0.243 e. The van der Waals surface area contributed by atoms with E-state index in [-0.39, 0.29) is 18.4 Å².